The van der Waals surface area contributed by atoms with Crippen LogP contribution in [-0.4, -0.2) is 48.3 Å². The molecule has 1 aliphatic heterocycles. The zero-order valence-electron chi connectivity index (χ0n) is 14.7. The lowest BCUT2D eigenvalue weighted by molar-refractivity contribution is 0.130. The molecule has 1 rings (SSSR count). The van der Waals surface area contributed by atoms with Gasteiger partial charge in [0.25, 0.3) is 0 Å². The van der Waals surface area contributed by atoms with Crippen LogP contribution < -0.4 is 5.32 Å². The van der Waals surface area contributed by atoms with E-state index in [4.69, 9.17) is 0 Å². The molecule has 2 N–H and O–H groups in total. The Morgan fingerprint density at radius 2 is 1.86 bits per heavy atom. The molecule has 0 bridgehead atoms. The van der Waals surface area contributed by atoms with E-state index in [1.54, 1.807) is 0 Å². The SMILES string of the molecule is CCCNC(CC)(CO)CCCN1CCC(CCC)CC1. The Morgan fingerprint density at radius 1 is 1.14 bits per heavy atom. The maximum absolute atomic E-state index is 9.76. The number of nitrogens with one attached hydrogen (secondary N) is 1. The molecule has 0 radical (unpaired) electrons. The van der Waals surface area contributed by atoms with Crippen molar-refractivity contribution in [3.63, 3.8) is 0 Å². The fourth-order valence-electron chi connectivity index (χ4n) is 3.58. The highest BCUT2D eigenvalue weighted by atomic mass is 16.3. The van der Waals surface area contributed by atoms with Crippen LogP contribution in [0.3, 0.4) is 0 Å². The molecular formula is C18H38N2O. The van der Waals surface area contributed by atoms with Crippen LogP contribution in [0.4, 0.5) is 0 Å². The van der Waals surface area contributed by atoms with E-state index in [2.05, 4.69) is 31.0 Å². The molecule has 0 saturated carbocycles. The first-order valence-corrected chi connectivity index (χ1v) is 9.28. The van der Waals surface area contributed by atoms with Crippen LogP contribution in [0.5, 0.6) is 0 Å². The van der Waals surface area contributed by atoms with Gasteiger partial charge in [-0.05, 0) is 70.6 Å². The molecule has 1 aliphatic rings. The van der Waals surface area contributed by atoms with E-state index in [1.165, 1.54) is 51.7 Å². The molecule has 21 heavy (non-hydrogen) atoms. The highest BCUT2D eigenvalue weighted by molar-refractivity contribution is 4.86. The van der Waals surface area contributed by atoms with Gasteiger partial charge in [0, 0.05) is 5.54 Å². The Balaban J connectivity index is 2.25. The second kappa shape index (κ2) is 10.6. The van der Waals surface area contributed by atoms with Gasteiger partial charge in [0.15, 0.2) is 0 Å². The number of rotatable bonds is 11. The maximum atomic E-state index is 9.76. The summed E-state index contributed by atoms with van der Waals surface area (Å²) in [6, 6.07) is 0. The zero-order chi connectivity index (χ0) is 15.6. The second-order valence-corrected chi connectivity index (χ2v) is 6.90. The summed E-state index contributed by atoms with van der Waals surface area (Å²) < 4.78 is 0. The van der Waals surface area contributed by atoms with Gasteiger partial charge in [0.05, 0.1) is 6.61 Å². The van der Waals surface area contributed by atoms with Gasteiger partial charge < -0.3 is 15.3 Å². The standard InChI is InChI=1S/C18H38N2O/c1-4-8-17-9-14-20(15-10-17)13-7-11-18(6-3,16-21)19-12-5-2/h17,19,21H,4-16H2,1-3H3. The molecule has 0 amide bonds. The van der Waals surface area contributed by atoms with Gasteiger partial charge in [0.1, 0.15) is 0 Å². The van der Waals surface area contributed by atoms with Gasteiger partial charge in [-0.15, -0.1) is 0 Å². The molecule has 1 atom stereocenters. The van der Waals surface area contributed by atoms with Gasteiger partial charge in [-0.3, -0.25) is 0 Å². The first kappa shape index (κ1) is 18.9. The number of nitrogens with zero attached hydrogens (tertiary/aromatic N) is 1. The minimum atomic E-state index is -0.0451. The van der Waals surface area contributed by atoms with Crippen LogP contribution in [0.25, 0.3) is 0 Å². The average molecular weight is 299 g/mol. The molecule has 3 nitrogen and oxygen atoms in total. The van der Waals surface area contributed by atoms with Crippen LogP contribution in [-0.2, 0) is 0 Å². The smallest absolute Gasteiger partial charge is 0.0613 e. The van der Waals surface area contributed by atoms with Crippen molar-refractivity contribution in [2.45, 2.75) is 77.7 Å². The second-order valence-electron chi connectivity index (χ2n) is 6.90. The van der Waals surface area contributed by atoms with Gasteiger partial charge in [-0.2, -0.15) is 0 Å². The van der Waals surface area contributed by atoms with Crippen LogP contribution in [0, 0.1) is 5.92 Å². The molecule has 0 aromatic carbocycles. The van der Waals surface area contributed by atoms with E-state index >= 15 is 0 Å². The molecule has 0 spiro atoms. The Kier molecular flexibility index (Phi) is 9.54. The summed E-state index contributed by atoms with van der Waals surface area (Å²) in [5.41, 5.74) is -0.0451. The Bertz CT molecular complexity index is 246. The van der Waals surface area contributed by atoms with Crippen LogP contribution in [0.1, 0.15) is 72.1 Å². The number of hydrogen-bond acceptors (Lipinski definition) is 3. The van der Waals surface area contributed by atoms with Crippen LogP contribution >= 0.6 is 0 Å². The number of hydrogen-bond donors (Lipinski definition) is 2. The van der Waals surface area contributed by atoms with E-state index in [0.29, 0.717) is 0 Å². The predicted molar refractivity (Wildman–Crippen MR) is 91.7 cm³/mol. The first-order valence-electron chi connectivity index (χ1n) is 9.28. The Labute approximate surface area is 132 Å². The van der Waals surface area contributed by atoms with E-state index in [-0.39, 0.29) is 12.1 Å². The number of piperidine rings is 1. The summed E-state index contributed by atoms with van der Waals surface area (Å²) in [5.74, 6) is 0.977. The van der Waals surface area contributed by atoms with Gasteiger partial charge in [0.2, 0.25) is 0 Å². The minimum absolute atomic E-state index is 0.0451. The maximum Gasteiger partial charge on any atom is 0.0613 e. The highest BCUT2D eigenvalue weighted by Gasteiger charge is 2.26. The Morgan fingerprint density at radius 3 is 2.38 bits per heavy atom. The lowest BCUT2D eigenvalue weighted by Gasteiger charge is -2.35. The third kappa shape index (κ3) is 6.66. The van der Waals surface area contributed by atoms with E-state index in [1.807, 2.05) is 0 Å². The van der Waals surface area contributed by atoms with Crippen LogP contribution in [0.15, 0.2) is 0 Å². The molecule has 3 heteroatoms. The molecule has 126 valence electrons. The fraction of sp³-hybridized carbons (Fsp3) is 1.00. The summed E-state index contributed by atoms with van der Waals surface area (Å²) in [6.07, 6.45) is 9.97. The number of likely N-dealkylation sites (tertiary alicyclic amines) is 1. The summed E-state index contributed by atoms with van der Waals surface area (Å²) in [6.45, 7) is 11.7. The summed E-state index contributed by atoms with van der Waals surface area (Å²) >= 11 is 0. The molecule has 1 heterocycles. The van der Waals surface area contributed by atoms with E-state index < -0.39 is 0 Å². The van der Waals surface area contributed by atoms with Crippen molar-refractivity contribution in [3.05, 3.63) is 0 Å². The first-order chi connectivity index (χ1) is 10.2. The average Bonchev–Trinajstić information content (AvgIpc) is 2.53. The number of aliphatic hydroxyl groups excluding tert-OH is 1. The summed E-state index contributed by atoms with van der Waals surface area (Å²) in [7, 11) is 0. The molecule has 1 fully saturated rings. The van der Waals surface area contributed by atoms with Gasteiger partial charge in [-0.1, -0.05) is 33.6 Å². The third-order valence-electron chi connectivity index (χ3n) is 5.26. The van der Waals surface area contributed by atoms with Crippen molar-refractivity contribution in [1.82, 2.24) is 10.2 Å². The van der Waals surface area contributed by atoms with Crippen LogP contribution in [0.2, 0.25) is 0 Å². The molecule has 1 saturated heterocycles. The lowest BCUT2D eigenvalue weighted by atomic mass is 9.90. The fourth-order valence-corrected chi connectivity index (χ4v) is 3.58. The van der Waals surface area contributed by atoms with Crippen molar-refractivity contribution < 1.29 is 5.11 Å². The zero-order valence-corrected chi connectivity index (χ0v) is 14.7. The highest BCUT2D eigenvalue weighted by Crippen LogP contribution is 2.23. The topological polar surface area (TPSA) is 35.5 Å². The number of aliphatic hydroxyl groups is 1. The lowest BCUT2D eigenvalue weighted by Crippen LogP contribution is -2.49. The largest absolute Gasteiger partial charge is 0.394 e. The van der Waals surface area contributed by atoms with E-state index in [0.717, 1.165) is 31.7 Å². The normalized spacial score (nSPS) is 20.6. The summed E-state index contributed by atoms with van der Waals surface area (Å²) in [5, 5.41) is 13.3. The summed E-state index contributed by atoms with van der Waals surface area (Å²) in [4.78, 5) is 2.63. The van der Waals surface area contributed by atoms with Crippen molar-refractivity contribution in [3.8, 4) is 0 Å². The predicted octanol–water partition coefficient (Wildman–Crippen LogP) is 3.42. The van der Waals surface area contributed by atoms with Crippen molar-refractivity contribution in [2.24, 2.45) is 5.92 Å². The monoisotopic (exact) mass is 298 g/mol. The Hall–Kier alpha value is -0.120. The quantitative estimate of drug-likeness (QED) is 0.613. The third-order valence-corrected chi connectivity index (χ3v) is 5.26. The molecule has 1 unspecified atom stereocenters. The van der Waals surface area contributed by atoms with E-state index in [9.17, 15) is 5.11 Å². The minimum Gasteiger partial charge on any atom is -0.394 e. The van der Waals surface area contributed by atoms with Gasteiger partial charge >= 0.3 is 0 Å². The molecular weight excluding hydrogens is 260 g/mol. The van der Waals surface area contributed by atoms with Crippen molar-refractivity contribution in [1.29, 1.82) is 0 Å². The van der Waals surface area contributed by atoms with Crippen molar-refractivity contribution in [2.75, 3.05) is 32.8 Å². The van der Waals surface area contributed by atoms with Crippen molar-refractivity contribution >= 4 is 0 Å². The van der Waals surface area contributed by atoms with Gasteiger partial charge in [-0.25, -0.2) is 0 Å². The molecule has 0 aromatic heterocycles. The molecule has 0 aliphatic carbocycles. The molecule has 0 aromatic rings.